The molecule has 0 saturated carbocycles. The normalized spacial score (nSPS) is 12.5. The summed E-state index contributed by atoms with van der Waals surface area (Å²) in [4.78, 5) is 36.7. The topological polar surface area (TPSA) is 142 Å². The van der Waals surface area contributed by atoms with E-state index in [-0.39, 0.29) is 17.6 Å². The van der Waals surface area contributed by atoms with Crippen LogP contribution < -0.4 is 10.6 Å². The molecular formula is C35H69N3O7S. The first kappa shape index (κ1) is 44.3. The lowest BCUT2D eigenvalue weighted by molar-refractivity contribution is -0.890. The fourth-order valence-corrected chi connectivity index (χ4v) is 6.19. The Labute approximate surface area is 281 Å². The largest absolute Gasteiger partial charge is 0.748 e. The predicted molar refractivity (Wildman–Crippen MR) is 185 cm³/mol. The van der Waals surface area contributed by atoms with E-state index in [1.807, 2.05) is 0 Å². The minimum Gasteiger partial charge on any atom is -0.748 e. The van der Waals surface area contributed by atoms with Gasteiger partial charge in [-0.2, -0.15) is 0 Å². The van der Waals surface area contributed by atoms with Gasteiger partial charge in [0, 0.05) is 31.6 Å². The zero-order chi connectivity index (χ0) is 34.5. The van der Waals surface area contributed by atoms with Crippen LogP contribution in [0.1, 0.15) is 155 Å². The number of methoxy groups -OCH3 is 1. The first-order chi connectivity index (χ1) is 21.9. The quantitative estimate of drug-likeness (QED) is 0.0365. The van der Waals surface area contributed by atoms with Crippen LogP contribution in [0.2, 0.25) is 0 Å². The average molecular weight is 676 g/mol. The SMILES string of the molecule is CCCCCCCCCCCC(=O)NCCCCC(NC(=O)CCCCCCCCCC[N+](C)(C)CCCS(=O)(=O)[O-])C(=O)OC. The van der Waals surface area contributed by atoms with Crippen molar-refractivity contribution in [2.45, 2.75) is 161 Å². The Morgan fingerprint density at radius 1 is 0.674 bits per heavy atom. The molecule has 2 amide bonds. The lowest BCUT2D eigenvalue weighted by Gasteiger charge is -2.30. The molecule has 2 N–H and O–H groups in total. The monoisotopic (exact) mass is 675 g/mol. The number of carbonyl (C=O) groups excluding carboxylic acids is 3. The van der Waals surface area contributed by atoms with E-state index in [9.17, 15) is 27.4 Å². The van der Waals surface area contributed by atoms with Gasteiger partial charge in [0.25, 0.3) is 0 Å². The molecule has 0 fully saturated rings. The number of esters is 1. The first-order valence-electron chi connectivity index (χ1n) is 18.3. The summed E-state index contributed by atoms with van der Waals surface area (Å²) in [6.45, 7) is 4.47. The van der Waals surface area contributed by atoms with Crippen LogP contribution in [0.4, 0.5) is 0 Å². The van der Waals surface area contributed by atoms with E-state index in [0.717, 1.165) is 81.7 Å². The molecule has 0 spiro atoms. The van der Waals surface area contributed by atoms with Gasteiger partial charge in [0.1, 0.15) is 6.04 Å². The smallest absolute Gasteiger partial charge is 0.328 e. The molecular weight excluding hydrogens is 606 g/mol. The van der Waals surface area contributed by atoms with Crippen molar-refractivity contribution >= 4 is 27.9 Å². The van der Waals surface area contributed by atoms with E-state index in [1.54, 1.807) is 0 Å². The number of unbranched alkanes of at least 4 members (excludes halogenated alkanes) is 16. The van der Waals surface area contributed by atoms with Gasteiger partial charge in [-0.05, 0) is 44.9 Å². The molecule has 0 radical (unpaired) electrons. The Hall–Kier alpha value is -1.72. The number of rotatable bonds is 32. The van der Waals surface area contributed by atoms with E-state index in [2.05, 4.69) is 31.7 Å². The van der Waals surface area contributed by atoms with Crippen LogP contribution in [-0.4, -0.2) is 87.9 Å². The van der Waals surface area contributed by atoms with Crippen molar-refractivity contribution in [2.75, 3.05) is 46.6 Å². The fraction of sp³-hybridized carbons (Fsp3) is 0.914. The van der Waals surface area contributed by atoms with Crippen LogP contribution in [0.15, 0.2) is 0 Å². The summed E-state index contributed by atoms with van der Waals surface area (Å²) in [7, 11) is 1.35. The summed E-state index contributed by atoms with van der Waals surface area (Å²) in [6, 6.07) is -0.654. The van der Waals surface area contributed by atoms with Crippen LogP contribution in [0.5, 0.6) is 0 Å². The maximum atomic E-state index is 12.5. The molecule has 10 nitrogen and oxygen atoms in total. The third kappa shape index (κ3) is 29.7. The molecule has 0 rings (SSSR count). The first-order valence-corrected chi connectivity index (χ1v) is 19.9. The van der Waals surface area contributed by atoms with Gasteiger partial charge in [0.05, 0.1) is 44.4 Å². The van der Waals surface area contributed by atoms with Crippen LogP contribution in [-0.2, 0) is 29.2 Å². The van der Waals surface area contributed by atoms with Gasteiger partial charge in [0.2, 0.25) is 11.8 Å². The Kier molecular flexibility index (Phi) is 27.2. The van der Waals surface area contributed by atoms with Gasteiger partial charge in [0.15, 0.2) is 0 Å². The molecule has 11 heteroatoms. The number of nitrogens with zero attached hydrogens (tertiary/aromatic N) is 1. The summed E-state index contributed by atoms with van der Waals surface area (Å²) in [5.41, 5.74) is 0. The molecule has 272 valence electrons. The number of hydrogen-bond acceptors (Lipinski definition) is 7. The van der Waals surface area contributed by atoms with Crippen molar-refractivity contribution in [3.8, 4) is 0 Å². The van der Waals surface area contributed by atoms with Crippen molar-refractivity contribution in [1.82, 2.24) is 10.6 Å². The number of amides is 2. The number of nitrogens with one attached hydrogen (secondary N) is 2. The Balaban J connectivity index is 3.86. The molecule has 0 aliphatic heterocycles. The van der Waals surface area contributed by atoms with Crippen LogP contribution in [0.25, 0.3) is 0 Å². The lowest BCUT2D eigenvalue weighted by Crippen LogP contribution is -2.41. The molecule has 0 bridgehead atoms. The van der Waals surface area contributed by atoms with Crippen molar-refractivity contribution in [3.63, 3.8) is 0 Å². The molecule has 1 atom stereocenters. The summed E-state index contributed by atoms with van der Waals surface area (Å²) < 4.78 is 37.9. The highest BCUT2D eigenvalue weighted by Crippen LogP contribution is 2.13. The van der Waals surface area contributed by atoms with Gasteiger partial charge >= 0.3 is 5.97 Å². The van der Waals surface area contributed by atoms with E-state index in [1.165, 1.54) is 52.1 Å². The summed E-state index contributed by atoms with van der Waals surface area (Å²) in [6.07, 6.45) is 22.9. The maximum absolute atomic E-state index is 12.5. The second kappa shape index (κ2) is 28.3. The Bertz CT molecular complexity index is 897. The number of carbonyl (C=O) groups is 3. The zero-order valence-corrected chi connectivity index (χ0v) is 30.7. The summed E-state index contributed by atoms with van der Waals surface area (Å²) >= 11 is 0. The van der Waals surface area contributed by atoms with Crippen LogP contribution in [0, 0.1) is 0 Å². The maximum Gasteiger partial charge on any atom is 0.328 e. The molecule has 1 unspecified atom stereocenters. The van der Waals surface area contributed by atoms with Crippen molar-refractivity contribution in [3.05, 3.63) is 0 Å². The number of quaternary nitrogens is 1. The average Bonchev–Trinajstić information content (AvgIpc) is 2.99. The van der Waals surface area contributed by atoms with Crippen molar-refractivity contribution in [2.24, 2.45) is 0 Å². The van der Waals surface area contributed by atoms with Crippen LogP contribution >= 0.6 is 0 Å². The van der Waals surface area contributed by atoms with Gasteiger partial charge in [-0.25, -0.2) is 13.2 Å². The van der Waals surface area contributed by atoms with Gasteiger partial charge in [-0.15, -0.1) is 0 Å². The van der Waals surface area contributed by atoms with E-state index < -0.39 is 22.1 Å². The molecule has 0 aliphatic carbocycles. The molecule has 46 heavy (non-hydrogen) atoms. The zero-order valence-electron chi connectivity index (χ0n) is 29.9. The third-order valence-electron chi connectivity index (χ3n) is 8.65. The van der Waals surface area contributed by atoms with Gasteiger partial charge in [-0.1, -0.05) is 90.4 Å². The summed E-state index contributed by atoms with van der Waals surface area (Å²) in [5.74, 6) is -0.756. The fourth-order valence-electron chi connectivity index (χ4n) is 5.71. The van der Waals surface area contributed by atoms with E-state index in [0.29, 0.717) is 45.2 Å². The predicted octanol–water partition coefficient (Wildman–Crippen LogP) is 6.37. The Morgan fingerprint density at radius 2 is 1.15 bits per heavy atom. The van der Waals surface area contributed by atoms with E-state index >= 15 is 0 Å². The highest BCUT2D eigenvalue weighted by molar-refractivity contribution is 7.85. The van der Waals surface area contributed by atoms with Gasteiger partial charge in [-0.3, -0.25) is 9.59 Å². The Morgan fingerprint density at radius 3 is 1.67 bits per heavy atom. The molecule has 0 aromatic heterocycles. The van der Waals surface area contributed by atoms with Crippen molar-refractivity contribution in [1.29, 1.82) is 0 Å². The van der Waals surface area contributed by atoms with Crippen molar-refractivity contribution < 1.29 is 36.6 Å². The molecule has 0 saturated heterocycles. The number of ether oxygens (including phenoxy) is 1. The number of hydrogen-bond donors (Lipinski definition) is 2. The highest BCUT2D eigenvalue weighted by atomic mass is 32.2. The molecule has 0 aromatic carbocycles. The molecule has 0 aromatic rings. The standard InChI is InChI=1S/C35H69N3O7S/c1-5-6-7-8-9-10-13-16-19-26-33(39)36-28-22-21-25-32(35(41)45-4)37-34(40)27-20-17-14-11-12-15-18-23-29-38(2,3)30-24-31-46(42,43)44/h32H,5-31H2,1-4H3,(H2-,36,37,39,40,42,43,44). The molecule has 0 heterocycles. The lowest BCUT2D eigenvalue weighted by atomic mass is 10.1. The highest BCUT2D eigenvalue weighted by Gasteiger charge is 2.21. The minimum absolute atomic E-state index is 0.0892. The second-order valence-electron chi connectivity index (χ2n) is 13.6. The second-order valence-corrected chi connectivity index (χ2v) is 15.2. The van der Waals surface area contributed by atoms with Crippen LogP contribution in [0.3, 0.4) is 0 Å². The summed E-state index contributed by atoms with van der Waals surface area (Å²) in [5, 5.41) is 5.81. The van der Waals surface area contributed by atoms with E-state index in [4.69, 9.17) is 4.74 Å². The van der Waals surface area contributed by atoms with Gasteiger partial charge < -0.3 is 24.4 Å². The minimum atomic E-state index is -4.13. The third-order valence-corrected chi connectivity index (χ3v) is 9.43. The molecule has 0 aliphatic rings.